The van der Waals surface area contributed by atoms with Gasteiger partial charge in [0, 0.05) is 29.0 Å². The zero-order valence-electron chi connectivity index (χ0n) is 20.8. The molecule has 0 saturated heterocycles. The van der Waals surface area contributed by atoms with E-state index in [9.17, 15) is 9.59 Å². The Bertz CT molecular complexity index is 1970. The number of nitrogens with zero attached hydrogens (tertiary/aromatic N) is 5. The third kappa shape index (κ3) is 3.69. The van der Waals surface area contributed by atoms with Gasteiger partial charge < -0.3 is 0 Å². The van der Waals surface area contributed by atoms with Gasteiger partial charge in [-0.05, 0) is 69.2 Å². The van der Waals surface area contributed by atoms with Crippen molar-refractivity contribution in [2.75, 3.05) is 4.90 Å². The Morgan fingerprint density at radius 3 is 2.49 bits per heavy atom. The number of fused-ring (bicyclic) bond motifs is 3. The van der Waals surface area contributed by atoms with E-state index in [2.05, 4.69) is 44.9 Å². The Balaban J connectivity index is 1.50. The molecule has 39 heavy (non-hydrogen) atoms. The SMILES string of the molecule is CC(=O)N1/C(=C/c2nc3ccc(-c4nnn[nH]4)cc3cc2-c2cccc3ccccc23)C(=O)c2ccccc21. The van der Waals surface area contributed by atoms with Crippen LogP contribution in [-0.2, 0) is 4.79 Å². The van der Waals surface area contributed by atoms with E-state index < -0.39 is 0 Å². The lowest BCUT2D eigenvalue weighted by Gasteiger charge is -2.17. The maximum absolute atomic E-state index is 13.5. The lowest BCUT2D eigenvalue weighted by molar-refractivity contribution is -0.116. The van der Waals surface area contributed by atoms with Crippen molar-refractivity contribution in [1.82, 2.24) is 25.6 Å². The monoisotopic (exact) mass is 508 g/mol. The average Bonchev–Trinajstić information content (AvgIpc) is 3.60. The lowest BCUT2D eigenvalue weighted by atomic mass is 9.95. The van der Waals surface area contributed by atoms with E-state index in [0.717, 1.165) is 38.4 Å². The number of allylic oxidation sites excluding steroid dienone is 1. The number of nitrogens with one attached hydrogen (secondary N) is 1. The molecule has 0 fully saturated rings. The Morgan fingerprint density at radius 2 is 1.64 bits per heavy atom. The number of anilines is 1. The zero-order valence-corrected chi connectivity index (χ0v) is 20.8. The summed E-state index contributed by atoms with van der Waals surface area (Å²) in [5, 5.41) is 17.2. The molecule has 4 aromatic carbocycles. The minimum Gasteiger partial charge on any atom is -0.287 e. The molecule has 0 spiro atoms. The third-order valence-corrected chi connectivity index (χ3v) is 6.99. The number of Topliss-reactive ketones (excluding diaryl/α,β-unsaturated/α-hetero) is 1. The van der Waals surface area contributed by atoms with E-state index in [-0.39, 0.29) is 17.4 Å². The molecular formula is C31H20N6O2. The van der Waals surface area contributed by atoms with E-state index >= 15 is 0 Å². The number of pyridine rings is 1. The van der Waals surface area contributed by atoms with Crippen LogP contribution in [0.1, 0.15) is 23.0 Å². The standard InChI is InChI=1S/C31H20N6O2/c1-18(38)37-28-12-5-4-10-24(28)30(39)29(37)17-27-25(23-11-6-8-19-7-2-3-9-22(19)23)16-21-15-20(13-14-26(21)32-27)31-33-35-36-34-31/h2-17H,1H3,(H,33,34,35,36)/b29-17+. The average molecular weight is 509 g/mol. The van der Waals surface area contributed by atoms with Crippen LogP contribution < -0.4 is 4.90 Å². The maximum atomic E-state index is 13.5. The van der Waals surface area contributed by atoms with Crippen LogP contribution in [-0.4, -0.2) is 37.3 Å². The van der Waals surface area contributed by atoms with Crippen LogP contribution in [0.2, 0.25) is 0 Å². The molecule has 0 aliphatic carbocycles. The molecular weight excluding hydrogens is 488 g/mol. The van der Waals surface area contributed by atoms with Crippen molar-refractivity contribution < 1.29 is 9.59 Å². The Labute approximate surface area is 222 Å². The fourth-order valence-electron chi connectivity index (χ4n) is 5.23. The number of rotatable bonds is 3. The van der Waals surface area contributed by atoms with Gasteiger partial charge in [0.05, 0.1) is 22.6 Å². The largest absolute Gasteiger partial charge is 0.287 e. The first-order valence-corrected chi connectivity index (χ1v) is 12.4. The minimum absolute atomic E-state index is 0.209. The fourth-order valence-corrected chi connectivity index (χ4v) is 5.23. The number of benzene rings is 4. The van der Waals surface area contributed by atoms with Gasteiger partial charge in [0.25, 0.3) is 0 Å². The molecule has 8 nitrogen and oxygen atoms in total. The van der Waals surface area contributed by atoms with E-state index in [1.165, 1.54) is 11.8 Å². The number of para-hydroxylation sites is 1. The first kappa shape index (κ1) is 22.7. The van der Waals surface area contributed by atoms with E-state index in [1.807, 2.05) is 48.5 Å². The van der Waals surface area contributed by atoms with Crippen molar-refractivity contribution in [3.63, 3.8) is 0 Å². The van der Waals surface area contributed by atoms with Crippen LogP contribution in [0.25, 0.3) is 50.3 Å². The summed E-state index contributed by atoms with van der Waals surface area (Å²) in [6.07, 6.45) is 1.73. The van der Waals surface area contributed by atoms with Gasteiger partial charge in [-0.25, -0.2) is 10.1 Å². The molecule has 7 rings (SSSR count). The highest BCUT2D eigenvalue weighted by Gasteiger charge is 2.34. The number of aromatic nitrogens is 5. The molecule has 0 radical (unpaired) electrons. The molecule has 1 N–H and O–H groups in total. The molecule has 1 amide bonds. The van der Waals surface area contributed by atoms with E-state index in [0.29, 0.717) is 22.8 Å². The predicted octanol–water partition coefficient (Wildman–Crippen LogP) is 5.83. The number of hydrogen-bond acceptors (Lipinski definition) is 6. The number of carbonyl (C=O) groups is 2. The highest BCUT2D eigenvalue weighted by Crippen LogP contribution is 2.38. The maximum Gasteiger partial charge on any atom is 0.228 e. The highest BCUT2D eigenvalue weighted by molar-refractivity contribution is 6.27. The van der Waals surface area contributed by atoms with Gasteiger partial charge in [0.1, 0.15) is 0 Å². The number of ketones is 1. The van der Waals surface area contributed by atoms with Crippen LogP contribution in [0.3, 0.4) is 0 Å². The number of H-pyrrole nitrogens is 1. The van der Waals surface area contributed by atoms with Crippen LogP contribution >= 0.6 is 0 Å². The Morgan fingerprint density at radius 1 is 0.846 bits per heavy atom. The molecule has 0 bridgehead atoms. The van der Waals surface area contributed by atoms with Gasteiger partial charge in [-0.3, -0.25) is 14.5 Å². The van der Waals surface area contributed by atoms with Gasteiger partial charge in [0.2, 0.25) is 11.7 Å². The Kier molecular flexibility index (Phi) is 5.12. The lowest BCUT2D eigenvalue weighted by Crippen LogP contribution is -2.25. The predicted molar refractivity (Wildman–Crippen MR) is 150 cm³/mol. The molecule has 0 atom stereocenters. The number of hydrogen-bond donors (Lipinski definition) is 1. The van der Waals surface area contributed by atoms with Crippen LogP contribution in [0, 0.1) is 0 Å². The molecule has 186 valence electrons. The molecule has 3 heterocycles. The van der Waals surface area contributed by atoms with Crippen molar-refractivity contribution in [3.8, 4) is 22.5 Å². The summed E-state index contributed by atoms with van der Waals surface area (Å²) in [6, 6.07) is 29.3. The summed E-state index contributed by atoms with van der Waals surface area (Å²) in [5.74, 6) is 0.110. The minimum atomic E-state index is -0.239. The van der Waals surface area contributed by atoms with Crippen molar-refractivity contribution in [2.24, 2.45) is 0 Å². The summed E-state index contributed by atoms with van der Waals surface area (Å²) in [5.41, 5.74) is 5.32. The number of aromatic amines is 1. The van der Waals surface area contributed by atoms with Gasteiger partial charge >= 0.3 is 0 Å². The molecule has 0 saturated carbocycles. The van der Waals surface area contributed by atoms with Crippen LogP contribution in [0.4, 0.5) is 5.69 Å². The molecule has 1 aliphatic heterocycles. The molecule has 2 aromatic heterocycles. The summed E-state index contributed by atoms with van der Waals surface area (Å²) in [6.45, 7) is 1.46. The number of amides is 1. The van der Waals surface area contributed by atoms with Gasteiger partial charge in [0.15, 0.2) is 5.82 Å². The Hall–Kier alpha value is -5.50. The second-order valence-electron chi connectivity index (χ2n) is 9.34. The highest BCUT2D eigenvalue weighted by atomic mass is 16.2. The second kappa shape index (κ2) is 8.81. The van der Waals surface area contributed by atoms with Crippen molar-refractivity contribution in [2.45, 2.75) is 6.92 Å². The second-order valence-corrected chi connectivity index (χ2v) is 9.34. The summed E-state index contributed by atoms with van der Waals surface area (Å²) < 4.78 is 0. The van der Waals surface area contributed by atoms with E-state index in [1.54, 1.807) is 24.3 Å². The molecule has 0 unspecified atom stereocenters. The van der Waals surface area contributed by atoms with Gasteiger partial charge in [-0.2, -0.15) is 0 Å². The third-order valence-electron chi connectivity index (χ3n) is 6.99. The smallest absolute Gasteiger partial charge is 0.228 e. The van der Waals surface area contributed by atoms with Crippen LogP contribution in [0.15, 0.2) is 96.7 Å². The molecule has 1 aliphatic rings. The van der Waals surface area contributed by atoms with Gasteiger partial charge in [-0.1, -0.05) is 54.6 Å². The number of tetrazole rings is 1. The summed E-state index contributed by atoms with van der Waals surface area (Å²) in [7, 11) is 0. The van der Waals surface area contributed by atoms with Crippen molar-refractivity contribution >= 4 is 45.1 Å². The first-order valence-electron chi connectivity index (χ1n) is 12.4. The number of carbonyl (C=O) groups excluding carboxylic acids is 2. The zero-order chi connectivity index (χ0) is 26.5. The van der Waals surface area contributed by atoms with Crippen molar-refractivity contribution in [1.29, 1.82) is 0 Å². The molecule has 6 aromatic rings. The van der Waals surface area contributed by atoms with Crippen molar-refractivity contribution in [3.05, 3.63) is 108 Å². The first-order chi connectivity index (χ1) is 19.1. The quantitative estimate of drug-likeness (QED) is 0.302. The summed E-state index contributed by atoms with van der Waals surface area (Å²) >= 11 is 0. The molecule has 8 heteroatoms. The van der Waals surface area contributed by atoms with E-state index in [4.69, 9.17) is 4.98 Å². The normalized spacial score (nSPS) is 13.9. The topological polar surface area (TPSA) is 105 Å². The van der Waals surface area contributed by atoms with Crippen LogP contribution in [0.5, 0.6) is 0 Å². The van der Waals surface area contributed by atoms with Gasteiger partial charge in [-0.15, -0.1) is 5.10 Å². The fraction of sp³-hybridized carbons (Fsp3) is 0.0323. The summed E-state index contributed by atoms with van der Waals surface area (Å²) in [4.78, 5) is 32.7.